The van der Waals surface area contributed by atoms with Gasteiger partial charge in [-0.15, -0.1) is 0 Å². The molecule has 0 aliphatic rings. The van der Waals surface area contributed by atoms with Crippen molar-refractivity contribution in [3.8, 4) is 0 Å². The summed E-state index contributed by atoms with van der Waals surface area (Å²) >= 11 is 0.342. The van der Waals surface area contributed by atoms with E-state index in [1.807, 2.05) is 0 Å². The second-order valence-electron chi connectivity index (χ2n) is 1.56. The molecule has 0 bridgehead atoms. The Hall–Kier alpha value is -0.0800. The third-order valence-electron chi connectivity index (χ3n) is 0.798. The maximum Gasteiger partial charge on any atom is 0.443 e. The van der Waals surface area contributed by atoms with E-state index in [-0.39, 0.29) is 0 Å². The number of rotatable bonds is 1. The van der Waals surface area contributed by atoms with Gasteiger partial charge in [0.1, 0.15) is 0 Å². The molecule has 0 N–H and O–H groups in total. The van der Waals surface area contributed by atoms with Crippen LogP contribution in [-0.2, 0) is 9.53 Å². The fourth-order valence-corrected chi connectivity index (χ4v) is 0.464. The van der Waals surface area contributed by atoms with Gasteiger partial charge in [-0.25, -0.2) is 9.18 Å². The Morgan fingerprint density at radius 2 is 1.73 bits per heavy atom. The molecule has 0 aromatic rings. The average Bonchev–Trinajstić information content (AvgIpc) is 1.83. The number of ether oxygens (including phenoxy) is 1. The molecule has 1 atom stereocenters. The molecular formula is C4H3F4IO2. The van der Waals surface area contributed by atoms with Gasteiger partial charge in [-0.2, -0.15) is 13.2 Å². The monoisotopic (exact) mass is 286 g/mol. The predicted molar refractivity (Wildman–Crippen MR) is 35.9 cm³/mol. The fourth-order valence-electron chi connectivity index (χ4n) is 0.244. The van der Waals surface area contributed by atoms with Crippen molar-refractivity contribution in [3.63, 3.8) is 0 Å². The van der Waals surface area contributed by atoms with Gasteiger partial charge in [0.15, 0.2) is 0 Å². The third-order valence-corrected chi connectivity index (χ3v) is 1.85. The van der Waals surface area contributed by atoms with Gasteiger partial charge >= 0.3 is 15.8 Å². The topological polar surface area (TPSA) is 26.3 Å². The molecule has 11 heavy (non-hydrogen) atoms. The van der Waals surface area contributed by atoms with E-state index in [1.165, 1.54) is 0 Å². The van der Waals surface area contributed by atoms with Gasteiger partial charge in [0, 0.05) is 0 Å². The maximum absolute atomic E-state index is 12.4. The number of hydrogen-bond donors (Lipinski definition) is 0. The van der Waals surface area contributed by atoms with Crippen molar-refractivity contribution in [2.75, 3.05) is 7.11 Å². The number of methoxy groups -OCH3 is 1. The van der Waals surface area contributed by atoms with E-state index in [0.717, 1.165) is 0 Å². The molecule has 0 aliphatic heterocycles. The quantitative estimate of drug-likeness (QED) is 0.318. The summed E-state index contributed by atoms with van der Waals surface area (Å²) in [6, 6.07) is 0. The van der Waals surface area contributed by atoms with Gasteiger partial charge in [-0.3, -0.25) is 0 Å². The molecule has 0 saturated heterocycles. The zero-order valence-corrected chi connectivity index (χ0v) is 7.36. The van der Waals surface area contributed by atoms with Gasteiger partial charge in [0.2, 0.25) is 0 Å². The van der Waals surface area contributed by atoms with Crippen molar-refractivity contribution in [2.24, 2.45) is 0 Å². The van der Waals surface area contributed by atoms with Crippen molar-refractivity contribution in [1.29, 1.82) is 0 Å². The van der Waals surface area contributed by atoms with Crippen molar-refractivity contribution < 1.29 is 27.1 Å². The average molecular weight is 286 g/mol. The molecule has 0 spiro atoms. The summed E-state index contributed by atoms with van der Waals surface area (Å²) in [4.78, 5) is 10.2. The first-order chi connectivity index (χ1) is 4.73. The lowest BCUT2D eigenvalue weighted by Gasteiger charge is -2.18. The van der Waals surface area contributed by atoms with Crippen LogP contribution in [0.4, 0.5) is 17.6 Å². The first kappa shape index (κ1) is 10.9. The molecular weight excluding hydrogens is 283 g/mol. The zero-order chi connectivity index (χ0) is 9.28. The Bertz CT molecular complexity index is 164. The standard InChI is InChI=1S/C4H3F4IO2/c1-11-2(10)3(5,9)4(6,7)8/h1H3. The van der Waals surface area contributed by atoms with Crippen LogP contribution in [0.25, 0.3) is 0 Å². The molecule has 0 saturated carbocycles. The van der Waals surface area contributed by atoms with Crippen molar-refractivity contribution in [2.45, 2.75) is 9.85 Å². The lowest BCUT2D eigenvalue weighted by atomic mass is 10.4. The van der Waals surface area contributed by atoms with Crippen LogP contribution in [0.5, 0.6) is 0 Å². The Balaban J connectivity index is 4.59. The smallest absolute Gasteiger partial charge is 0.443 e. The van der Waals surface area contributed by atoms with Crippen LogP contribution in [0.1, 0.15) is 0 Å². The highest BCUT2D eigenvalue weighted by Gasteiger charge is 2.61. The number of alkyl halides is 5. The van der Waals surface area contributed by atoms with E-state index < -0.39 is 15.8 Å². The Kier molecular flexibility index (Phi) is 3.09. The summed E-state index contributed by atoms with van der Waals surface area (Å²) in [6.45, 7) is 0. The third kappa shape index (κ3) is 2.17. The van der Waals surface area contributed by atoms with Gasteiger partial charge in [-0.05, 0) is 22.6 Å². The molecule has 0 radical (unpaired) electrons. The molecule has 2 nitrogen and oxygen atoms in total. The minimum Gasteiger partial charge on any atom is -0.466 e. The van der Waals surface area contributed by atoms with Crippen LogP contribution in [-0.4, -0.2) is 22.9 Å². The molecule has 0 aromatic carbocycles. The number of hydrogen-bond acceptors (Lipinski definition) is 2. The zero-order valence-electron chi connectivity index (χ0n) is 5.21. The summed E-state index contributed by atoms with van der Waals surface area (Å²) in [6.07, 6.45) is -5.24. The lowest BCUT2D eigenvalue weighted by Crippen LogP contribution is -2.43. The van der Waals surface area contributed by atoms with Gasteiger partial charge < -0.3 is 4.74 Å². The molecule has 0 rings (SSSR count). The van der Waals surface area contributed by atoms with E-state index in [9.17, 15) is 22.4 Å². The second-order valence-corrected chi connectivity index (χ2v) is 3.05. The minimum absolute atomic E-state index is 0.342. The molecule has 0 fully saturated rings. The van der Waals surface area contributed by atoms with Gasteiger partial charge in [0.05, 0.1) is 7.11 Å². The summed E-state index contributed by atoms with van der Waals surface area (Å²) in [5.74, 6) is -1.95. The SMILES string of the molecule is COC(=O)C(F)(I)C(F)(F)F. The second kappa shape index (κ2) is 3.11. The first-order valence-corrected chi connectivity index (χ1v) is 3.34. The predicted octanol–water partition coefficient (Wildman–Crippen LogP) is 1.82. The first-order valence-electron chi connectivity index (χ1n) is 2.26. The number of carbonyl (C=O) groups is 1. The number of halogens is 5. The van der Waals surface area contributed by atoms with Crippen molar-refractivity contribution in [1.82, 2.24) is 0 Å². The van der Waals surface area contributed by atoms with E-state index in [4.69, 9.17) is 0 Å². The number of esters is 1. The molecule has 66 valence electrons. The molecule has 7 heteroatoms. The van der Waals surface area contributed by atoms with Crippen molar-refractivity contribution in [3.05, 3.63) is 0 Å². The lowest BCUT2D eigenvalue weighted by molar-refractivity contribution is -0.204. The van der Waals surface area contributed by atoms with Crippen molar-refractivity contribution >= 4 is 28.6 Å². The highest BCUT2D eigenvalue weighted by molar-refractivity contribution is 14.1. The largest absolute Gasteiger partial charge is 0.466 e. The van der Waals surface area contributed by atoms with E-state index in [1.54, 1.807) is 0 Å². The molecule has 0 amide bonds. The Labute approximate surface area is 73.0 Å². The molecule has 0 heterocycles. The van der Waals surface area contributed by atoms with E-state index in [2.05, 4.69) is 4.74 Å². The van der Waals surface area contributed by atoms with E-state index in [0.29, 0.717) is 29.7 Å². The number of carbonyl (C=O) groups excluding carboxylic acids is 1. The van der Waals surface area contributed by atoms with Gasteiger partial charge in [0.25, 0.3) is 0 Å². The summed E-state index contributed by atoms with van der Waals surface area (Å²) in [7, 11) is 0.682. The van der Waals surface area contributed by atoms with Crippen LogP contribution in [0.15, 0.2) is 0 Å². The molecule has 1 unspecified atom stereocenters. The Morgan fingerprint density at radius 3 is 1.82 bits per heavy atom. The van der Waals surface area contributed by atoms with Gasteiger partial charge in [-0.1, -0.05) is 0 Å². The summed E-state index contributed by atoms with van der Waals surface area (Å²) < 4.78 is 46.8. The minimum atomic E-state index is -5.24. The molecule has 0 aromatic heterocycles. The van der Waals surface area contributed by atoms with Crippen LogP contribution in [0.2, 0.25) is 0 Å². The highest BCUT2D eigenvalue weighted by atomic mass is 127. The van der Waals surface area contributed by atoms with Crippen LogP contribution < -0.4 is 0 Å². The summed E-state index contributed by atoms with van der Waals surface area (Å²) in [5, 5.41) is 0. The fraction of sp³-hybridized carbons (Fsp3) is 0.750. The Morgan fingerprint density at radius 1 is 1.36 bits per heavy atom. The van der Waals surface area contributed by atoms with Crippen LogP contribution in [0.3, 0.4) is 0 Å². The summed E-state index contributed by atoms with van der Waals surface area (Å²) in [5.41, 5.74) is 0. The maximum atomic E-state index is 12.4. The van der Waals surface area contributed by atoms with Crippen LogP contribution in [0, 0.1) is 0 Å². The highest BCUT2D eigenvalue weighted by Crippen LogP contribution is 2.40. The molecule has 0 aliphatic carbocycles. The van der Waals surface area contributed by atoms with Crippen LogP contribution >= 0.6 is 22.6 Å². The normalized spacial score (nSPS) is 17.3. The van der Waals surface area contributed by atoms with E-state index >= 15 is 0 Å².